The summed E-state index contributed by atoms with van der Waals surface area (Å²) in [6.45, 7) is 0.287. The van der Waals surface area contributed by atoms with Crippen LogP contribution in [0.3, 0.4) is 0 Å². The van der Waals surface area contributed by atoms with E-state index in [1.165, 1.54) is 37.7 Å². The van der Waals surface area contributed by atoms with Gasteiger partial charge in [-0.1, -0.05) is 86.0 Å². The Balaban J connectivity index is 1.39. The first-order valence-corrected chi connectivity index (χ1v) is 14.2. The number of nitrogens with two attached hydrogens (primary N) is 1. The van der Waals surface area contributed by atoms with Crippen LogP contribution in [0.2, 0.25) is 0 Å². The average molecular weight is 559 g/mol. The molecule has 0 saturated heterocycles. The SMILES string of the molecule is N=NC(N)=NC(=O)c1ccc(CN(C(=O)Nc2cccc(-c3ccccc3)c2)c2ccc(C3CCCCC3)cc2)cc1. The molecule has 0 heterocycles. The molecule has 0 aromatic heterocycles. The lowest BCUT2D eigenvalue weighted by Crippen LogP contribution is -2.34. The third kappa shape index (κ3) is 7.14. The van der Waals surface area contributed by atoms with Crippen LogP contribution in [0.1, 0.15) is 59.5 Å². The van der Waals surface area contributed by atoms with Crippen molar-refractivity contribution in [3.05, 3.63) is 120 Å². The van der Waals surface area contributed by atoms with Crippen molar-refractivity contribution in [2.75, 3.05) is 10.2 Å². The van der Waals surface area contributed by atoms with Gasteiger partial charge in [-0.25, -0.2) is 10.3 Å². The lowest BCUT2D eigenvalue weighted by atomic mass is 9.84. The standard InChI is InChI=1S/C34H34N6O2/c35-33(39-36)38-32(41)28-16-14-24(15-17-28)23-40(31-20-18-27(19-21-31)25-8-3-1-4-9-25)34(42)37-30-13-7-12-29(22-30)26-10-5-2-6-11-26/h2,5-7,10-22,25,36H,1,3-4,8-9,23H2,(H,37,42)(H2,35,38,41). The van der Waals surface area contributed by atoms with Gasteiger partial charge in [-0.3, -0.25) is 9.69 Å². The molecule has 4 aromatic rings. The van der Waals surface area contributed by atoms with Gasteiger partial charge in [0, 0.05) is 16.9 Å². The average Bonchev–Trinajstić information content (AvgIpc) is 3.05. The molecule has 0 bridgehead atoms. The fourth-order valence-corrected chi connectivity index (χ4v) is 5.37. The summed E-state index contributed by atoms with van der Waals surface area (Å²) in [5, 5.41) is 6.04. The van der Waals surface area contributed by atoms with Crippen LogP contribution in [0.4, 0.5) is 16.2 Å². The Labute approximate surface area is 245 Å². The van der Waals surface area contributed by atoms with Crippen LogP contribution in [0.5, 0.6) is 0 Å². The van der Waals surface area contributed by atoms with Crippen LogP contribution >= 0.6 is 0 Å². The predicted octanol–water partition coefficient (Wildman–Crippen LogP) is 8.13. The van der Waals surface area contributed by atoms with Crippen molar-refractivity contribution in [1.82, 2.24) is 0 Å². The number of hydrogen-bond acceptors (Lipinski definition) is 3. The minimum Gasteiger partial charge on any atom is -0.366 e. The topological polar surface area (TPSA) is 124 Å². The second kappa shape index (κ2) is 13.5. The summed E-state index contributed by atoms with van der Waals surface area (Å²) < 4.78 is 0. The normalized spacial score (nSPS) is 13.8. The minimum absolute atomic E-state index is 0.264. The molecule has 212 valence electrons. The molecule has 8 nitrogen and oxygen atoms in total. The van der Waals surface area contributed by atoms with E-state index in [4.69, 9.17) is 11.3 Å². The van der Waals surface area contributed by atoms with E-state index in [0.717, 1.165) is 22.4 Å². The first-order valence-electron chi connectivity index (χ1n) is 14.2. The molecule has 0 atom stereocenters. The fourth-order valence-electron chi connectivity index (χ4n) is 5.37. The highest BCUT2D eigenvalue weighted by Gasteiger charge is 2.20. The zero-order valence-corrected chi connectivity index (χ0v) is 23.4. The number of urea groups is 1. The fraction of sp³-hybridized carbons (Fsp3) is 0.206. The molecule has 1 aliphatic rings. The van der Waals surface area contributed by atoms with E-state index in [-0.39, 0.29) is 12.6 Å². The van der Waals surface area contributed by atoms with Crippen LogP contribution in [0.25, 0.3) is 11.1 Å². The summed E-state index contributed by atoms with van der Waals surface area (Å²) in [5.41, 5.74) is 18.3. The van der Waals surface area contributed by atoms with Gasteiger partial charge in [0.25, 0.3) is 5.91 Å². The van der Waals surface area contributed by atoms with Crippen molar-refractivity contribution in [3.63, 3.8) is 0 Å². The first kappa shape index (κ1) is 28.4. The highest BCUT2D eigenvalue weighted by molar-refractivity contribution is 6.03. The van der Waals surface area contributed by atoms with Crippen molar-refractivity contribution in [1.29, 1.82) is 5.53 Å². The largest absolute Gasteiger partial charge is 0.366 e. The minimum atomic E-state index is -0.582. The molecule has 4 aromatic carbocycles. The second-order valence-corrected chi connectivity index (χ2v) is 10.5. The van der Waals surface area contributed by atoms with Crippen molar-refractivity contribution < 1.29 is 9.59 Å². The van der Waals surface area contributed by atoms with Gasteiger partial charge in [-0.2, -0.15) is 4.99 Å². The number of anilines is 2. The Kier molecular flexibility index (Phi) is 9.13. The van der Waals surface area contributed by atoms with Gasteiger partial charge < -0.3 is 11.1 Å². The summed E-state index contributed by atoms with van der Waals surface area (Å²) in [4.78, 5) is 31.4. The molecule has 0 unspecified atom stereocenters. The molecule has 3 amide bonds. The van der Waals surface area contributed by atoms with E-state index in [0.29, 0.717) is 17.2 Å². The summed E-state index contributed by atoms with van der Waals surface area (Å²) >= 11 is 0. The van der Waals surface area contributed by atoms with Crippen LogP contribution in [0, 0.1) is 5.53 Å². The summed E-state index contributed by atoms with van der Waals surface area (Å²) in [7, 11) is 0. The van der Waals surface area contributed by atoms with Gasteiger partial charge in [0.15, 0.2) is 0 Å². The lowest BCUT2D eigenvalue weighted by Gasteiger charge is -2.26. The molecule has 8 heteroatoms. The van der Waals surface area contributed by atoms with Gasteiger partial charge in [-0.15, -0.1) is 5.11 Å². The second-order valence-electron chi connectivity index (χ2n) is 10.5. The van der Waals surface area contributed by atoms with Gasteiger partial charge in [-0.05, 0) is 77.4 Å². The molecule has 42 heavy (non-hydrogen) atoms. The number of aliphatic imine (C=N–C) groups is 1. The maximum Gasteiger partial charge on any atom is 0.326 e. The maximum atomic E-state index is 13.8. The molecular weight excluding hydrogens is 524 g/mol. The van der Waals surface area contributed by atoms with Crippen LogP contribution < -0.4 is 16.0 Å². The van der Waals surface area contributed by atoms with Crippen LogP contribution in [-0.4, -0.2) is 17.9 Å². The molecule has 1 fully saturated rings. The van der Waals surface area contributed by atoms with E-state index in [9.17, 15) is 9.59 Å². The third-order valence-corrected chi connectivity index (χ3v) is 7.62. The van der Waals surface area contributed by atoms with Crippen molar-refractivity contribution in [3.8, 4) is 11.1 Å². The maximum absolute atomic E-state index is 13.8. The van der Waals surface area contributed by atoms with Crippen LogP contribution in [0.15, 0.2) is 113 Å². The smallest absolute Gasteiger partial charge is 0.326 e. The molecule has 0 spiro atoms. The third-order valence-electron chi connectivity index (χ3n) is 7.62. The number of rotatable bonds is 7. The number of amides is 3. The van der Waals surface area contributed by atoms with Gasteiger partial charge in [0.05, 0.1) is 6.54 Å². The summed E-state index contributed by atoms with van der Waals surface area (Å²) in [5.74, 6) is -0.415. The Morgan fingerprint density at radius 1 is 0.833 bits per heavy atom. The number of benzene rings is 4. The van der Waals surface area contributed by atoms with Gasteiger partial charge >= 0.3 is 6.03 Å². The number of hydrogen-bond donors (Lipinski definition) is 3. The van der Waals surface area contributed by atoms with Crippen LogP contribution in [-0.2, 0) is 6.54 Å². The molecule has 0 aliphatic heterocycles. The lowest BCUT2D eigenvalue weighted by molar-refractivity contribution is 0.100. The summed E-state index contributed by atoms with van der Waals surface area (Å²) in [6.07, 6.45) is 6.24. The number of guanidine groups is 1. The molecule has 1 aliphatic carbocycles. The number of nitrogens with one attached hydrogen (secondary N) is 2. The monoisotopic (exact) mass is 558 g/mol. The van der Waals surface area contributed by atoms with E-state index in [2.05, 4.69) is 27.6 Å². The molecule has 1 saturated carbocycles. The van der Waals surface area contributed by atoms with E-state index in [1.807, 2.05) is 66.7 Å². The van der Waals surface area contributed by atoms with Crippen molar-refractivity contribution in [2.45, 2.75) is 44.6 Å². The van der Waals surface area contributed by atoms with Crippen molar-refractivity contribution >= 4 is 29.3 Å². The Hall–Kier alpha value is -5.11. The predicted molar refractivity (Wildman–Crippen MR) is 167 cm³/mol. The number of carbonyl (C=O) groups is 2. The van der Waals surface area contributed by atoms with Crippen molar-refractivity contribution in [2.24, 2.45) is 15.8 Å². The Bertz CT molecular complexity index is 1560. The molecule has 5 rings (SSSR count). The highest BCUT2D eigenvalue weighted by Crippen LogP contribution is 2.34. The summed E-state index contributed by atoms with van der Waals surface area (Å²) in [6, 6.07) is 32.7. The quantitative estimate of drug-likeness (QED) is 0.120. The van der Waals surface area contributed by atoms with E-state index in [1.54, 1.807) is 29.2 Å². The highest BCUT2D eigenvalue weighted by atomic mass is 16.2. The number of carbonyl (C=O) groups excluding carboxylic acids is 2. The first-order chi connectivity index (χ1) is 20.5. The van der Waals surface area contributed by atoms with E-state index < -0.39 is 11.9 Å². The van der Waals surface area contributed by atoms with Gasteiger partial charge in [0.2, 0.25) is 5.96 Å². The molecule has 0 radical (unpaired) electrons. The zero-order chi connectivity index (χ0) is 29.3. The molecular formula is C34H34N6O2. The van der Waals surface area contributed by atoms with E-state index >= 15 is 0 Å². The Morgan fingerprint density at radius 2 is 1.52 bits per heavy atom. The zero-order valence-electron chi connectivity index (χ0n) is 23.4. The van der Waals surface area contributed by atoms with Gasteiger partial charge in [0.1, 0.15) is 0 Å². The number of nitrogens with zero attached hydrogens (tertiary/aromatic N) is 3. The Morgan fingerprint density at radius 3 is 2.21 bits per heavy atom. The molecule has 4 N–H and O–H groups in total.